The number of carbonyl (C=O) groups is 4. The number of benzene rings is 1. The summed E-state index contributed by atoms with van der Waals surface area (Å²) in [5.41, 5.74) is -2.18. The molecule has 0 spiro atoms. The van der Waals surface area contributed by atoms with Crippen LogP contribution in [-0.2, 0) is 63.3 Å². The van der Waals surface area contributed by atoms with Crippen LogP contribution in [0.5, 0.6) is 0 Å². The number of nitrogens with zero attached hydrogens (tertiary/aromatic N) is 1. The number of sulfonamides is 1. The summed E-state index contributed by atoms with van der Waals surface area (Å²) in [6, 6.07) is 6.70. The first-order valence-corrected chi connectivity index (χ1v) is 22.4. The Balaban J connectivity index is 1.64. The molecule has 0 aliphatic carbocycles. The highest BCUT2D eigenvalue weighted by Crippen LogP contribution is 2.42. The topological polar surface area (TPSA) is 194 Å². The Morgan fingerprint density at radius 1 is 1.02 bits per heavy atom. The second kappa shape index (κ2) is 18.8. The number of ketones is 1. The smallest absolute Gasteiger partial charge is 0.408 e. The molecule has 4 aliphatic rings. The summed E-state index contributed by atoms with van der Waals surface area (Å²) in [6.45, 7) is 15.1. The van der Waals surface area contributed by atoms with Crippen LogP contribution in [0.15, 0.2) is 30.3 Å². The largest absolute Gasteiger partial charge is 0.458 e. The molecule has 16 nitrogen and oxygen atoms in total. The fourth-order valence-corrected chi connectivity index (χ4v) is 10.9. The van der Waals surface area contributed by atoms with Crippen LogP contribution in [0.25, 0.3) is 0 Å². The minimum atomic E-state index is -3.94. The number of alkyl carbamates (subject to hydrolysis) is 1. The number of hydrogen-bond donors (Lipinski definition) is 2. The molecule has 15 atom stereocenters. The molecule has 1 aromatic rings. The zero-order valence-corrected chi connectivity index (χ0v) is 37.1. The second-order valence-electron chi connectivity index (χ2n) is 17.7. The maximum absolute atomic E-state index is 14.6. The molecule has 59 heavy (non-hydrogen) atoms. The predicted octanol–water partition coefficient (Wildman–Crippen LogP) is 3.74. The van der Waals surface area contributed by atoms with Gasteiger partial charge in [0.1, 0.15) is 11.9 Å². The number of likely N-dealkylation sites (N-methyl/N-ethyl adjacent to an activating group) is 1. The van der Waals surface area contributed by atoms with E-state index in [2.05, 4.69) is 10.0 Å². The fraction of sp³-hybridized carbons (Fsp3) is 0.762. The van der Waals surface area contributed by atoms with Gasteiger partial charge in [0.15, 0.2) is 18.0 Å². The van der Waals surface area contributed by atoms with Crippen molar-refractivity contribution < 1.29 is 60.8 Å². The summed E-state index contributed by atoms with van der Waals surface area (Å²) in [6.07, 6.45) is -5.08. The Morgan fingerprint density at radius 3 is 2.32 bits per heavy atom. The number of rotatable bonds is 9. The number of carbonyl (C=O) groups excluding carboxylic acids is 4. The molecular formula is C42H65N3O13S. The highest BCUT2D eigenvalue weighted by atomic mass is 32.2. The van der Waals surface area contributed by atoms with E-state index in [9.17, 15) is 27.6 Å². The van der Waals surface area contributed by atoms with E-state index in [1.807, 2.05) is 32.8 Å². The molecule has 5 rings (SSSR count). The maximum Gasteiger partial charge on any atom is 0.408 e. The van der Waals surface area contributed by atoms with E-state index in [4.69, 9.17) is 33.2 Å². The van der Waals surface area contributed by atoms with Crippen molar-refractivity contribution in [1.82, 2.24) is 14.9 Å². The summed E-state index contributed by atoms with van der Waals surface area (Å²) >= 11 is 0. The molecule has 2 N–H and O–H groups in total. The molecule has 0 aromatic heterocycles. The molecule has 4 fully saturated rings. The van der Waals surface area contributed by atoms with E-state index < -0.39 is 106 Å². The first-order chi connectivity index (χ1) is 27.6. The van der Waals surface area contributed by atoms with Gasteiger partial charge in [-0.3, -0.25) is 14.4 Å². The molecule has 332 valence electrons. The normalized spacial score (nSPS) is 40.1. The van der Waals surface area contributed by atoms with Gasteiger partial charge in [-0.2, -0.15) is 0 Å². The lowest BCUT2D eigenvalue weighted by molar-refractivity contribution is -0.304. The third-order valence-electron chi connectivity index (χ3n) is 12.6. The van der Waals surface area contributed by atoms with E-state index in [0.717, 1.165) is 0 Å². The van der Waals surface area contributed by atoms with Crippen LogP contribution in [0.1, 0.15) is 87.1 Å². The second-order valence-corrected chi connectivity index (χ2v) is 19.4. The fourth-order valence-electron chi connectivity index (χ4n) is 9.59. The Labute approximate surface area is 349 Å². The summed E-state index contributed by atoms with van der Waals surface area (Å²) in [5, 5.41) is 2.81. The van der Waals surface area contributed by atoms with Crippen LogP contribution in [0.2, 0.25) is 0 Å². The Kier molecular flexibility index (Phi) is 15.0. The lowest BCUT2D eigenvalue weighted by atomic mass is 9.73. The third kappa shape index (κ3) is 10.6. The van der Waals surface area contributed by atoms with Crippen molar-refractivity contribution in [1.29, 1.82) is 0 Å². The van der Waals surface area contributed by atoms with E-state index in [1.165, 1.54) is 6.92 Å². The van der Waals surface area contributed by atoms with Crippen molar-refractivity contribution in [3.8, 4) is 0 Å². The van der Waals surface area contributed by atoms with Crippen molar-refractivity contribution in [3.63, 3.8) is 0 Å². The maximum atomic E-state index is 14.6. The standard InChI is InChI=1S/C42H65N3O13S/c1-12-32-42(9)36(43-40(49)58-42)25(4)33(47)23(2)19-41(8)37(57-39-35(55-28(7)46)31(45(10)11)18-24(3)54-39)26(5)34(27(6)38(48)56-32)52-20-30(21-53-41)44-59(50,51)22-29-16-14-13-15-17-29/h13-17,23-27,30-32,34-37,39,44H,12,18-22H2,1-11H3,(H,43,49)/t23-,24-,25+,26+,27-,30?,31+,32-,34+,35-,36-,37-,39+,41-,42-/m1/s1. The molecule has 0 saturated carbocycles. The van der Waals surface area contributed by atoms with Gasteiger partial charge < -0.3 is 43.4 Å². The number of ether oxygens (including phenoxy) is 7. The highest BCUT2D eigenvalue weighted by molar-refractivity contribution is 7.88. The van der Waals surface area contributed by atoms with Gasteiger partial charge in [0, 0.05) is 24.7 Å². The van der Waals surface area contributed by atoms with Gasteiger partial charge in [-0.1, -0.05) is 58.0 Å². The average Bonchev–Trinajstić information content (AvgIpc) is 3.49. The number of cyclic esters (lactones) is 1. The van der Waals surface area contributed by atoms with Crippen molar-refractivity contribution in [2.45, 2.75) is 153 Å². The molecule has 1 unspecified atom stereocenters. The van der Waals surface area contributed by atoms with Crippen molar-refractivity contribution in [2.24, 2.45) is 23.7 Å². The number of esters is 2. The lowest BCUT2D eigenvalue weighted by Gasteiger charge is -2.49. The van der Waals surface area contributed by atoms with E-state index in [-0.39, 0.29) is 49.7 Å². The molecule has 4 heterocycles. The van der Waals surface area contributed by atoms with Crippen LogP contribution < -0.4 is 10.0 Å². The number of amides is 1. The first-order valence-electron chi connectivity index (χ1n) is 20.8. The van der Waals surface area contributed by atoms with Crippen molar-refractivity contribution >= 4 is 33.8 Å². The lowest BCUT2D eigenvalue weighted by Crippen LogP contribution is -2.61. The molecule has 2 bridgehead atoms. The first kappa shape index (κ1) is 46.9. The van der Waals surface area contributed by atoms with Crippen LogP contribution in [0.4, 0.5) is 4.79 Å². The van der Waals surface area contributed by atoms with E-state index in [1.54, 1.807) is 71.9 Å². The molecule has 4 aliphatic heterocycles. The van der Waals surface area contributed by atoms with Crippen molar-refractivity contribution in [2.75, 3.05) is 27.3 Å². The number of nitrogens with one attached hydrogen (secondary N) is 2. The quantitative estimate of drug-likeness (QED) is 0.270. The van der Waals surface area contributed by atoms with Crippen LogP contribution in [-0.4, -0.2) is 131 Å². The molecule has 1 aromatic carbocycles. The average molecular weight is 852 g/mol. The zero-order chi connectivity index (χ0) is 43.6. The van der Waals surface area contributed by atoms with Crippen LogP contribution in [0, 0.1) is 23.7 Å². The SMILES string of the molecule is CC[C@H]1OC(=O)[C@H](C)[C@H]2OCC(NS(=O)(=O)Cc3ccccc3)CO[C@](C)(C[C@@H](C)C(=O)[C@H](C)[C@H]3NC(=O)O[C@@]31C)[C@H](O[C@@H]1O[C@H](C)C[C@H](N(C)C)[C@H]1OC(C)=O)[C@H]2C. The number of hydrogen-bond acceptors (Lipinski definition) is 14. The summed E-state index contributed by atoms with van der Waals surface area (Å²) < 4.78 is 75.0. The number of fused-ring (bicyclic) bond motifs is 4. The Morgan fingerprint density at radius 2 is 1.69 bits per heavy atom. The van der Waals surface area contributed by atoms with Crippen molar-refractivity contribution in [3.05, 3.63) is 35.9 Å². The zero-order valence-electron chi connectivity index (χ0n) is 36.3. The van der Waals surface area contributed by atoms with Gasteiger partial charge in [-0.25, -0.2) is 17.9 Å². The predicted molar refractivity (Wildman–Crippen MR) is 215 cm³/mol. The van der Waals surface area contributed by atoms with Gasteiger partial charge in [-0.15, -0.1) is 0 Å². The number of Topliss-reactive ketones (excluding diaryl/α,β-unsaturated/α-hetero) is 1. The van der Waals surface area contributed by atoms with Gasteiger partial charge >= 0.3 is 18.0 Å². The minimum absolute atomic E-state index is 0.0628. The summed E-state index contributed by atoms with van der Waals surface area (Å²) in [4.78, 5) is 56.3. The van der Waals surface area contributed by atoms with E-state index >= 15 is 0 Å². The Hall–Kier alpha value is -3.19. The molecule has 1 amide bonds. The van der Waals surface area contributed by atoms with Crippen LogP contribution in [0.3, 0.4) is 0 Å². The highest BCUT2D eigenvalue weighted by Gasteiger charge is 2.58. The van der Waals surface area contributed by atoms with Gasteiger partial charge in [0.05, 0.1) is 66.9 Å². The molecule has 0 radical (unpaired) electrons. The van der Waals surface area contributed by atoms with Gasteiger partial charge in [-0.05, 0) is 66.6 Å². The summed E-state index contributed by atoms with van der Waals surface area (Å²) in [5.74, 6) is -4.89. The van der Waals surface area contributed by atoms with Gasteiger partial charge in [0.2, 0.25) is 10.0 Å². The van der Waals surface area contributed by atoms with E-state index in [0.29, 0.717) is 12.0 Å². The minimum Gasteiger partial charge on any atom is -0.458 e. The molecule has 4 saturated heterocycles. The third-order valence-corrected chi connectivity index (χ3v) is 14.0. The van der Waals surface area contributed by atoms with Crippen LogP contribution >= 0.6 is 0 Å². The molecular weight excluding hydrogens is 787 g/mol. The van der Waals surface area contributed by atoms with Gasteiger partial charge in [0.25, 0.3) is 0 Å². The monoisotopic (exact) mass is 851 g/mol. The molecule has 17 heteroatoms. The summed E-state index contributed by atoms with van der Waals surface area (Å²) in [7, 11) is -0.178. The Bertz CT molecular complexity index is 1770.